The SMILES string of the molecule is COc1ccc(C(=O)N2CCN(C(=O)Cn3c(=O)c4c(ncn4C)n(C)c3=O)CC2)c(OC)c1. The van der Waals surface area contributed by atoms with E-state index >= 15 is 0 Å². The van der Waals surface area contributed by atoms with Gasteiger partial charge in [0.05, 0.1) is 26.1 Å². The Morgan fingerprint density at radius 3 is 2.32 bits per heavy atom. The molecule has 2 aromatic heterocycles. The van der Waals surface area contributed by atoms with E-state index in [0.29, 0.717) is 30.2 Å². The molecule has 3 aromatic rings. The lowest BCUT2D eigenvalue weighted by molar-refractivity contribution is -0.133. The van der Waals surface area contributed by atoms with E-state index in [1.54, 1.807) is 35.0 Å². The normalized spacial score (nSPS) is 13.9. The minimum atomic E-state index is -0.607. The standard InChI is InChI=1S/C22H26N6O6/c1-24-13-23-19-18(24)21(31)28(22(32)25(19)2)12-17(29)26-7-9-27(10-8-26)20(30)15-6-5-14(33-3)11-16(15)34-4/h5-6,11,13H,7-10,12H2,1-4H3. The maximum Gasteiger partial charge on any atom is 0.332 e. The molecule has 0 unspecified atom stereocenters. The molecule has 0 aliphatic carbocycles. The van der Waals surface area contributed by atoms with E-state index in [1.807, 2.05) is 0 Å². The van der Waals surface area contributed by atoms with Crippen molar-refractivity contribution in [2.24, 2.45) is 14.1 Å². The molecule has 1 aliphatic rings. The van der Waals surface area contributed by atoms with Crippen LogP contribution in [0, 0.1) is 0 Å². The topological polar surface area (TPSA) is 121 Å². The molecule has 34 heavy (non-hydrogen) atoms. The lowest BCUT2D eigenvalue weighted by Gasteiger charge is -2.35. The molecule has 12 nitrogen and oxygen atoms in total. The smallest absolute Gasteiger partial charge is 0.332 e. The number of carbonyl (C=O) groups excluding carboxylic acids is 2. The molecule has 0 spiro atoms. The van der Waals surface area contributed by atoms with Crippen molar-refractivity contribution in [3.63, 3.8) is 0 Å². The summed E-state index contributed by atoms with van der Waals surface area (Å²) in [5.41, 5.74) is -0.250. The number of hydrogen-bond donors (Lipinski definition) is 0. The summed E-state index contributed by atoms with van der Waals surface area (Å²) in [6.45, 7) is 0.811. The maximum atomic E-state index is 13.0. The van der Waals surface area contributed by atoms with Crippen LogP contribution in [0.1, 0.15) is 10.4 Å². The summed E-state index contributed by atoms with van der Waals surface area (Å²) < 4.78 is 14.2. The summed E-state index contributed by atoms with van der Waals surface area (Å²) in [6.07, 6.45) is 1.45. The molecule has 0 saturated carbocycles. The Labute approximate surface area is 194 Å². The van der Waals surface area contributed by atoms with Gasteiger partial charge in [-0.1, -0.05) is 0 Å². The number of carbonyl (C=O) groups is 2. The summed E-state index contributed by atoms with van der Waals surface area (Å²) in [5, 5.41) is 0. The maximum absolute atomic E-state index is 13.0. The first kappa shape index (κ1) is 23.1. The van der Waals surface area contributed by atoms with Crippen molar-refractivity contribution in [1.29, 1.82) is 0 Å². The van der Waals surface area contributed by atoms with Crippen LogP contribution < -0.4 is 20.7 Å². The number of aryl methyl sites for hydroxylation is 2. The average molecular weight is 470 g/mol. The zero-order valence-electron chi connectivity index (χ0n) is 19.5. The van der Waals surface area contributed by atoms with Crippen LogP contribution in [0.5, 0.6) is 11.5 Å². The molecule has 0 bridgehead atoms. The van der Waals surface area contributed by atoms with Gasteiger partial charge in [-0.2, -0.15) is 0 Å². The summed E-state index contributed by atoms with van der Waals surface area (Å²) >= 11 is 0. The molecule has 3 heterocycles. The number of fused-ring (bicyclic) bond motifs is 1. The predicted molar refractivity (Wildman–Crippen MR) is 122 cm³/mol. The van der Waals surface area contributed by atoms with Gasteiger partial charge in [-0.25, -0.2) is 14.3 Å². The van der Waals surface area contributed by atoms with Gasteiger partial charge in [-0.3, -0.25) is 19.0 Å². The number of amides is 2. The summed E-state index contributed by atoms with van der Waals surface area (Å²) in [6, 6.07) is 4.98. The van der Waals surface area contributed by atoms with Gasteiger partial charge in [0.1, 0.15) is 18.0 Å². The molecule has 1 saturated heterocycles. The van der Waals surface area contributed by atoms with Crippen molar-refractivity contribution in [2.75, 3.05) is 40.4 Å². The van der Waals surface area contributed by atoms with Crippen molar-refractivity contribution in [1.82, 2.24) is 28.5 Å². The highest BCUT2D eigenvalue weighted by Gasteiger charge is 2.27. The van der Waals surface area contributed by atoms with Gasteiger partial charge in [0.2, 0.25) is 5.91 Å². The van der Waals surface area contributed by atoms with Crippen LogP contribution in [-0.2, 0) is 25.4 Å². The third-order valence-corrected chi connectivity index (χ3v) is 6.05. The van der Waals surface area contributed by atoms with Crippen LogP contribution >= 0.6 is 0 Å². The van der Waals surface area contributed by atoms with Crippen LogP contribution in [0.25, 0.3) is 11.2 Å². The fourth-order valence-electron chi connectivity index (χ4n) is 4.08. The van der Waals surface area contributed by atoms with Crippen LogP contribution in [-0.4, -0.2) is 80.7 Å². The fourth-order valence-corrected chi connectivity index (χ4v) is 4.08. The van der Waals surface area contributed by atoms with Gasteiger partial charge >= 0.3 is 5.69 Å². The van der Waals surface area contributed by atoms with Gasteiger partial charge in [-0.05, 0) is 12.1 Å². The van der Waals surface area contributed by atoms with Crippen LogP contribution in [0.4, 0.5) is 0 Å². The van der Waals surface area contributed by atoms with Crippen LogP contribution in [0.15, 0.2) is 34.1 Å². The number of piperazine rings is 1. The first-order valence-electron chi connectivity index (χ1n) is 10.7. The Kier molecular flexibility index (Phi) is 6.14. The number of aromatic nitrogens is 4. The summed E-state index contributed by atoms with van der Waals surface area (Å²) in [5.74, 6) is 0.409. The Bertz CT molecular complexity index is 1380. The Morgan fingerprint density at radius 2 is 1.68 bits per heavy atom. The lowest BCUT2D eigenvalue weighted by atomic mass is 10.1. The van der Waals surface area contributed by atoms with Crippen LogP contribution in [0.2, 0.25) is 0 Å². The number of benzene rings is 1. The quantitative estimate of drug-likeness (QED) is 0.490. The third-order valence-electron chi connectivity index (χ3n) is 6.05. The van der Waals surface area contributed by atoms with E-state index in [-0.39, 0.29) is 42.6 Å². The molecule has 180 valence electrons. The fraction of sp³-hybridized carbons (Fsp3) is 0.409. The second-order valence-electron chi connectivity index (χ2n) is 8.00. The van der Waals surface area contributed by atoms with Crippen molar-refractivity contribution in [3.05, 3.63) is 50.9 Å². The number of ether oxygens (including phenoxy) is 2. The van der Waals surface area contributed by atoms with E-state index in [2.05, 4.69) is 4.98 Å². The van der Waals surface area contributed by atoms with Gasteiger partial charge in [0.15, 0.2) is 11.2 Å². The van der Waals surface area contributed by atoms with Crippen LogP contribution in [0.3, 0.4) is 0 Å². The molecule has 0 atom stereocenters. The van der Waals surface area contributed by atoms with E-state index in [1.165, 1.54) is 36.7 Å². The number of nitrogens with zero attached hydrogens (tertiary/aromatic N) is 6. The minimum absolute atomic E-state index is 0.210. The van der Waals surface area contributed by atoms with Gasteiger partial charge < -0.3 is 23.8 Å². The summed E-state index contributed by atoms with van der Waals surface area (Å²) in [7, 11) is 6.18. The molecule has 1 aromatic carbocycles. The molecule has 4 rings (SSSR count). The number of imidazole rings is 1. The molecule has 1 aliphatic heterocycles. The average Bonchev–Trinajstić information content (AvgIpc) is 3.26. The van der Waals surface area contributed by atoms with Gasteiger partial charge in [-0.15, -0.1) is 0 Å². The van der Waals surface area contributed by atoms with Crippen molar-refractivity contribution < 1.29 is 19.1 Å². The second kappa shape index (κ2) is 9.04. The van der Waals surface area contributed by atoms with E-state index < -0.39 is 11.2 Å². The highest BCUT2D eigenvalue weighted by molar-refractivity contribution is 5.97. The molecule has 0 N–H and O–H groups in total. The van der Waals surface area contributed by atoms with Crippen molar-refractivity contribution in [2.45, 2.75) is 6.54 Å². The first-order chi connectivity index (χ1) is 16.3. The largest absolute Gasteiger partial charge is 0.497 e. The predicted octanol–water partition coefficient (Wildman–Crippen LogP) is -0.564. The second-order valence-corrected chi connectivity index (χ2v) is 8.00. The molecular formula is C22H26N6O6. The molecule has 12 heteroatoms. The van der Waals surface area contributed by atoms with Crippen molar-refractivity contribution >= 4 is 23.0 Å². The zero-order chi connectivity index (χ0) is 24.6. The van der Waals surface area contributed by atoms with E-state index in [9.17, 15) is 19.2 Å². The Morgan fingerprint density at radius 1 is 1.00 bits per heavy atom. The first-order valence-corrected chi connectivity index (χ1v) is 10.7. The summed E-state index contributed by atoms with van der Waals surface area (Å²) in [4.78, 5) is 58.7. The molecule has 0 radical (unpaired) electrons. The number of rotatable bonds is 5. The number of methoxy groups -OCH3 is 2. The highest BCUT2D eigenvalue weighted by atomic mass is 16.5. The number of hydrogen-bond acceptors (Lipinski definition) is 7. The zero-order valence-corrected chi connectivity index (χ0v) is 19.5. The van der Waals surface area contributed by atoms with Gasteiger partial charge in [0, 0.05) is 46.3 Å². The van der Waals surface area contributed by atoms with E-state index in [4.69, 9.17) is 9.47 Å². The Balaban J connectivity index is 1.47. The molecule has 2 amide bonds. The van der Waals surface area contributed by atoms with Crippen molar-refractivity contribution in [3.8, 4) is 11.5 Å². The monoisotopic (exact) mass is 470 g/mol. The van der Waals surface area contributed by atoms with E-state index in [0.717, 1.165) is 4.57 Å². The lowest BCUT2D eigenvalue weighted by Crippen LogP contribution is -2.52. The van der Waals surface area contributed by atoms with Gasteiger partial charge in [0.25, 0.3) is 11.5 Å². The highest BCUT2D eigenvalue weighted by Crippen LogP contribution is 2.26. The third kappa shape index (κ3) is 3.91. The molecular weight excluding hydrogens is 444 g/mol. The molecule has 1 fully saturated rings. The Hall–Kier alpha value is -4.09. The minimum Gasteiger partial charge on any atom is -0.497 e.